The van der Waals surface area contributed by atoms with Crippen molar-refractivity contribution in [2.75, 3.05) is 6.61 Å². The highest BCUT2D eigenvalue weighted by molar-refractivity contribution is 5.84. The van der Waals surface area contributed by atoms with E-state index in [9.17, 15) is 4.79 Å². The van der Waals surface area contributed by atoms with Crippen molar-refractivity contribution in [1.82, 2.24) is 0 Å². The Balaban J connectivity index is 1.66. The molecule has 1 N–H and O–H groups in total. The van der Waals surface area contributed by atoms with E-state index in [0.717, 1.165) is 17.8 Å². The molecule has 4 bridgehead atoms. The average molecular weight is 236 g/mol. The topological polar surface area (TPSA) is 46.5 Å². The van der Waals surface area contributed by atoms with Gasteiger partial charge in [0.05, 0.1) is 6.61 Å². The van der Waals surface area contributed by atoms with Crippen molar-refractivity contribution >= 4 is 5.97 Å². The van der Waals surface area contributed by atoms with E-state index in [2.05, 4.69) is 6.58 Å². The van der Waals surface area contributed by atoms with Crippen molar-refractivity contribution in [2.24, 2.45) is 23.2 Å². The average Bonchev–Trinajstić information content (AvgIpc) is 2.24. The lowest BCUT2D eigenvalue weighted by molar-refractivity contribution is -0.153. The van der Waals surface area contributed by atoms with E-state index in [0.29, 0.717) is 6.61 Å². The molecule has 3 heteroatoms. The van der Waals surface area contributed by atoms with Gasteiger partial charge < -0.3 is 9.84 Å². The maximum Gasteiger partial charge on any atom is 0.372 e. The van der Waals surface area contributed by atoms with Crippen LogP contribution in [0.2, 0.25) is 0 Å². The van der Waals surface area contributed by atoms with E-state index in [4.69, 9.17) is 9.84 Å². The maximum atomic E-state index is 11.3. The fraction of sp³-hybridized carbons (Fsp3) is 0.786. The highest BCUT2D eigenvalue weighted by atomic mass is 16.5. The van der Waals surface area contributed by atoms with Gasteiger partial charge in [-0.2, -0.15) is 0 Å². The molecule has 3 nitrogen and oxygen atoms in total. The van der Waals surface area contributed by atoms with Crippen LogP contribution in [0.3, 0.4) is 0 Å². The Morgan fingerprint density at radius 3 is 2.06 bits per heavy atom. The second-order valence-corrected chi connectivity index (χ2v) is 6.44. The Bertz CT molecular complexity index is 323. The first-order valence-electron chi connectivity index (χ1n) is 6.61. The Morgan fingerprint density at radius 1 is 1.18 bits per heavy atom. The molecule has 94 valence electrons. The lowest BCUT2D eigenvalue weighted by Gasteiger charge is -2.56. The summed E-state index contributed by atoms with van der Waals surface area (Å²) < 4.78 is 5.20. The second-order valence-electron chi connectivity index (χ2n) is 6.44. The smallest absolute Gasteiger partial charge is 0.372 e. The van der Waals surface area contributed by atoms with Crippen LogP contribution >= 0.6 is 0 Å². The first kappa shape index (κ1) is 11.1. The minimum Gasteiger partial charge on any atom is -0.502 e. The standard InChI is InChI=1S/C14H20O3/c1-9(15)13(16)17-8-14-5-10-2-11(6-14)4-12(3-10)7-14/h10-12,15H,1-8H2. The van der Waals surface area contributed by atoms with Crippen molar-refractivity contribution in [1.29, 1.82) is 0 Å². The first-order chi connectivity index (χ1) is 8.06. The van der Waals surface area contributed by atoms with Gasteiger partial charge in [-0.15, -0.1) is 0 Å². The van der Waals surface area contributed by atoms with E-state index in [1.807, 2.05) is 0 Å². The molecule has 0 aromatic rings. The summed E-state index contributed by atoms with van der Waals surface area (Å²) in [6, 6.07) is 0. The van der Waals surface area contributed by atoms with E-state index >= 15 is 0 Å². The van der Waals surface area contributed by atoms with Gasteiger partial charge in [0.25, 0.3) is 0 Å². The zero-order chi connectivity index (χ0) is 12.0. The summed E-state index contributed by atoms with van der Waals surface area (Å²) in [7, 11) is 0. The fourth-order valence-electron chi connectivity index (χ4n) is 4.77. The van der Waals surface area contributed by atoms with Crippen LogP contribution in [-0.2, 0) is 9.53 Å². The monoisotopic (exact) mass is 236 g/mol. The molecule has 4 saturated carbocycles. The number of carbonyl (C=O) groups excluding carboxylic acids is 1. The van der Waals surface area contributed by atoms with E-state index in [1.165, 1.54) is 38.5 Å². The summed E-state index contributed by atoms with van der Waals surface area (Å²) in [6.45, 7) is 3.68. The van der Waals surface area contributed by atoms with Crippen LogP contribution in [-0.4, -0.2) is 17.7 Å². The Morgan fingerprint density at radius 2 is 1.65 bits per heavy atom. The summed E-state index contributed by atoms with van der Waals surface area (Å²) in [4.78, 5) is 11.3. The summed E-state index contributed by atoms with van der Waals surface area (Å²) in [5, 5.41) is 8.96. The molecule has 4 fully saturated rings. The van der Waals surface area contributed by atoms with Gasteiger partial charge in [0.2, 0.25) is 0 Å². The van der Waals surface area contributed by atoms with Crippen LogP contribution in [0.5, 0.6) is 0 Å². The molecule has 0 radical (unpaired) electrons. The zero-order valence-electron chi connectivity index (χ0n) is 10.2. The molecule has 4 rings (SSSR count). The Hall–Kier alpha value is -0.990. The minimum absolute atomic E-state index is 0.222. The number of esters is 1. The second kappa shape index (κ2) is 3.76. The van der Waals surface area contributed by atoms with Crippen LogP contribution in [0.25, 0.3) is 0 Å². The molecule has 0 spiro atoms. The van der Waals surface area contributed by atoms with Gasteiger partial charge in [-0.1, -0.05) is 0 Å². The largest absolute Gasteiger partial charge is 0.502 e. The number of hydrogen-bond donors (Lipinski definition) is 1. The lowest BCUT2D eigenvalue weighted by Crippen LogP contribution is -2.48. The van der Waals surface area contributed by atoms with Gasteiger partial charge in [-0.25, -0.2) is 4.79 Å². The maximum absolute atomic E-state index is 11.3. The molecule has 0 amide bonds. The molecule has 0 unspecified atom stereocenters. The molecule has 0 heterocycles. The van der Waals surface area contributed by atoms with Gasteiger partial charge in [-0.3, -0.25) is 0 Å². The van der Waals surface area contributed by atoms with E-state index < -0.39 is 11.7 Å². The number of aliphatic hydroxyl groups excluding tert-OH is 1. The summed E-state index contributed by atoms with van der Waals surface area (Å²) >= 11 is 0. The SMILES string of the molecule is C=C(O)C(=O)OCC12CC3CC(CC(C3)C1)C2. The molecule has 0 aromatic heterocycles. The third-order valence-electron chi connectivity index (χ3n) is 4.91. The van der Waals surface area contributed by atoms with Gasteiger partial charge in [-0.05, 0) is 62.9 Å². The molecule has 4 aliphatic rings. The van der Waals surface area contributed by atoms with Gasteiger partial charge in [0.15, 0.2) is 5.76 Å². The van der Waals surface area contributed by atoms with Crippen molar-refractivity contribution in [3.05, 3.63) is 12.3 Å². The van der Waals surface area contributed by atoms with Gasteiger partial charge in [0.1, 0.15) is 0 Å². The molecular weight excluding hydrogens is 216 g/mol. The number of hydrogen-bond acceptors (Lipinski definition) is 3. The third kappa shape index (κ3) is 1.96. The normalized spacial score (nSPS) is 42.5. The number of aliphatic hydroxyl groups is 1. The van der Waals surface area contributed by atoms with Crippen molar-refractivity contribution in [3.8, 4) is 0 Å². The van der Waals surface area contributed by atoms with Crippen molar-refractivity contribution < 1.29 is 14.6 Å². The predicted octanol–water partition coefficient (Wildman–Crippen LogP) is 2.82. The fourth-order valence-corrected chi connectivity index (χ4v) is 4.77. The molecule has 0 aliphatic heterocycles. The molecular formula is C14H20O3. The van der Waals surface area contributed by atoms with Crippen molar-refractivity contribution in [3.63, 3.8) is 0 Å². The first-order valence-corrected chi connectivity index (χ1v) is 6.61. The van der Waals surface area contributed by atoms with Gasteiger partial charge in [0, 0.05) is 5.41 Å². The zero-order valence-corrected chi connectivity index (χ0v) is 10.2. The quantitative estimate of drug-likeness (QED) is 0.465. The Labute approximate surface area is 102 Å². The number of ether oxygens (including phenoxy) is 1. The predicted molar refractivity (Wildman–Crippen MR) is 63.3 cm³/mol. The van der Waals surface area contributed by atoms with Crippen LogP contribution in [0.4, 0.5) is 0 Å². The van der Waals surface area contributed by atoms with Crippen LogP contribution < -0.4 is 0 Å². The molecule has 0 saturated heterocycles. The highest BCUT2D eigenvalue weighted by Gasteiger charge is 2.51. The van der Waals surface area contributed by atoms with Crippen LogP contribution in [0.15, 0.2) is 12.3 Å². The van der Waals surface area contributed by atoms with Crippen molar-refractivity contribution in [2.45, 2.75) is 38.5 Å². The highest BCUT2D eigenvalue weighted by Crippen LogP contribution is 2.60. The molecule has 17 heavy (non-hydrogen) atoms. The molecule has 0 atom stereocenters. The molecule has 0 aromatic carbocycles. The summed E-state index contributed by atoms with van der Waals surface area (Å²) in [6.07, 6.45) is 7.80. The van der Waals surface area contributed by atoms with E-state index in [-0.39, 0.29) is 5.41 Å². The Kier molecular flexibility index (Phi) is 2.46. The number of rotatable bonds is 3. The molecule has 4 aliphatic carbocycles. The van der Waals surface area contributed by atoms with Crippen LogP contribution in [0.1, 0.15) is 38.5 Å². The van der Waals surface area contributed by atoms with E-state index in [1.54, 1.807) is 0 Å². The van der Waals surface area contributed by atoms with Crippen LogP contribution in [0, 0.1) is 23.2 Å². The number of carbonyl (C=O) groups is 1. The summed E-state index contributed by atoms with van der Waals surface area (Å²) in [5.41, 5.74) is 0.222. The lowest BCUT2D eigenvalue weighted by atomic mass is 9.50. The van der Waals surface area contributed by atoms with Gasteiger partial charge >= 0.3 is 5.97 Å². The minimum atomic E-state index is -0.652. The third-order valence-corrected chi connectivity index (χ3v) is 4.91. The summed E-state index contributed by atoms with van der Waals surface area (Å²) in [5.74, 6) is 1.45.